The SMILES string of the molecule is COC1CCCC1(C(=O)O)C1CC1(C#N)C(N)=O. The van der Waals surface area contributed by atoms with Crippen LogP contribution in [0.25, 0.3) is 0 Å². The first-order valence-corrected chi connectivity index (χ1v) is 5.93. The second-order valence-corrected chi connectivity index (χ2v) is 5.17. The summed E-state index contributed by atoms with van der Waals surface area (Å²) in [6.07, 6.45) is 1.57. The van der Waals surface area contributed by atoms with Crippen LogP contribution in [0.2, 0.25) is 0 Å². The van der Waals surface area contributed by atoms with Crippen molar-refractivity contribution < 1.29 is 19.4 Å². The molecule has 6 nitrogen and oxygen atoms in total. The summed E-state index contributed by atoms with van der Waals surface area (Å²) < 4.78 is 5.26. The molecule has 2 fully saturated rings. The van der Waals surface area contributed by atoms with Gasteiger partial charge in [0.25, 0.3) is 0 Å². The fourth-order valence-corrected chi connectivity index (χ4v) is 3.45. The molecule has 0 spiro atoms. The minimum atomic E-state index is -1.32. The molecule has 3 N–H and O–H groups in total. The molecule has 18 heavy (non-hydrogen) atoms. The molecule has 4 unspecified atom stereocenters. The lowest BCUT2D eigenvalue weighted by atomic mass is 9.75. The maximum Gasteiger partial charge on any atom is 0.312 e. The van der Waals surface area contributed by atoms with Crippen molar-refractivity contribution >= 4 is 11.9 Å². The highest BCUT2D eigenvalue weighted by molar-refractivity contribution is 5.90. The minimum absolute atomic E-state index is 0.227. The van der Waals surface area contributed by atoms with E-state index < -0.39 is 34.7 Å². The van der Waals surface area contributed by atoms with Gasteiger partial charge in [0.05, 0.1) is 17.6 Å². The van der Waals surface area contributed by atoms with Crippen molar-refractivity contribution in [3.8, 4) is 6.07 Å². The highest BCUT2D eigenvalue weighted by Crippen LogP contribution is 2.65. The highest BCUT2D eigenvalue weighted by atomic mass is 16.5. The normalized spacial score (nSPS) is 42.2. The van der Waals surface area contributed by atoms with E-state index in [-0.39, 0.29) is 6.42 Å². The predicted octanol–water partition coefficient (Wildman–Crippen LogP) is 0.271. The Morgan fingerprint density at radius 2 is 2.22 bits per heavy atom. The van der Waals surface area contributed by atoms with Crippen LogP contribution in [0.15, 0.2) is 0 Å². The molecule has 0 heterocycles. The zero-order valence-corrected chi connectivity index (χ0v) is 10.2. The van der Waals surface area contributed by atoms with Crippen LogP contribution in [0.4, 0.5) is 0 Å². The molecule has 2 saturated carbocycles. The summed E-state index contributed by atoms with van der Waals surface area (Å²) >= 11 is 0. The molecule has 2 aliphatic carbocycles. The van der Waals surface area contributed by atoms with Crippen LogP contribution < -0.4 is 5.73 Å². The Bertz CT molecular complexity index is 444. The standard InChI is InChI=1S/C12H16N2O4/c1-18-8-3-2-4-12(8,10(16)17)7-5-11(7,6-13)9(14)15/h7-8H,2-5H2,1H3,(H2,14,15)(H,16,17). The number of primary amides is 1. The quantitative estimate of drug-likeness (QED) is 0.745. The van der Waals surface area contributed by atoms with E-state index >= 15 is 0 Å². The molecule has 0 aliphatic heterocycles. The van der Waals surface area contributed by atoms with Crippen LogP contribution >= 0.6 is 0 Å². The number of carboxylic acids is 1. The Hall–Kier alpha value is -1.61. The molecular weight excluding hydrogens is 236 g/mol. The van der Waals surface area contributed by atoms with Crippen molar-refractivity contribution in [2.75, 3.05) is 7.11 Å². The smallest absolute Gasteiger partial charge is 0.312 e. The van der Waals surface area contributed by atoms with Crippen molar-refractivity contribution in [1.82, 2.24) is 0 Å². The fraction of sp³-hybridized carbons (Fsp3) is 0.750. The summed E-state index contributed by atoms with van der Waals surface area (Å²) in [5.41, 5.74) is 2.79. The molecule has 0 bridgehead atoms. The monoisotopic (exact) mass is 252 g/mol. The van der Waals surface area contributed by atoms with Gasteiger partial charge in [-0.15, -0.1) is 0 Å². The van der Waals surface area contributed by atoms with Crippen molar-refractivity contribution in [2.45, 2.75) is 31.8 Å². The van der Waals surface area contributed by atoms with Gasteiger partial charge in [0.1, 0.15) is 5.41 Å². The van der Waals surface area contributed by atoms with Crippen LogP contribution in [0, 0.1) is 28.1 Å². The molecule has 0 aromatic carbocycles. The molecule has 98 valence electrons. The summed E-state index contributed by atoms with van der Waals surface area (Å²) in [4.78, 5) is 23.1. The average Bonchev–Trinajstić information content (AvgIpc) is 2.93. The Morgan fingerprint density at radius 1 is 1.56 bits per heavy atom. The highest BCUT2D eigenvalue weighted by Gasteiger charge is 2.73. The molecule has 2 aliphatic rings. The van der Waals surface area contributed by atoms with E-state index in [1.807, 2.05) is 6.07 Å². The van der Waals surface area contributed by atoms with Crippen molar-refractivity contribution in [2.24, 2.45) is 22.5 Å². The number of amides is 1. The molecular formula is C12H16N2O4. The number of nitriles is 1. The summed E-state index contributed by atoms with van der Waals surface area (Å²) in [6, 6.07) is 1.91. The molecule has 6 heteroatoms. The first-order valence-electron chi connectivity index (χ1n) is 5.93. The first-order chi connectivity index (χ1) is 8.45. The lowest BCUT2D eigenvalue weighted by Crippen LogP contribution is -2.44. The third-order valence-corrected chi connectivity index (χ3v) is 4.54. The maximum absolute atomic E-state index is 11.7. The van der Waals surface area contributed by atoms with E-state index in [2.05, 4.69) is 0 Å². The zero-order chi connectivity index (χ0) is 13.6. The minimum Gasteiger partial charge on any atom is -0.481 e. The Kier molecular flexibility index (Phi) is 2.82. The fourth-order valence-electron chi connectivity index (χ4n) is 3.45. The van der Waals surface area contributed by atoms with Crippen LogP contribution in [-0.4, -0.2) is 30.2 Å². The van der Waals surface area contributed by atoms with Crippen molar-refractivity contribution in [1.29, 1.82) is 5.26 Å². The third kappa shape index (κ3) is 1.37. The second-order valence-electron chi connectivity index (χ2n) is 5.17. The molecule has 0 aromatic rings. The Morgan fingerprint density at radius 3 is 2.61 bits per heavy atom. The van der Waals surface area contributed by atoms with Crippen LogP contribution in [0.1, 0.15) is 25.7 Å². The van der Waals surface area contributed by atoms with Gasteiger partial charge in [-0.25, -0.2) is 0 Å². The van der Waals surface area contributed by atoms with E-state index in [0.717, 1.165) is 6.42 Å². The summed E-state index contributed by atoms with van der Waals surface area (Å²) in [5.74, 6) is -2.25. The van der Waals surface area contributed by atoms with Gasteiger partial charge in [0.15, 0.2) is 0 Å². The average molecular weight is 252 g/mol. The summed E-state index contributed by atoms with van der Waals surface area (Å²) in [7, 11) is 1.47. The number of hydrogen-bond donors (Lipinski definition) is 2. The lowest BCUT2D eigenvalue weighted by molar-refractivity contribution is -0.159. The number of ether oxygens (including phenoxy) is 1. The topological polar surface area (TPSA) is 113 Å². The number of carboxylic acid groups (broad SMARTS) is 1. The van der Waals surface area contributed by atoms with Crippen LogP contribution in [0.5, 0.6) is 0 Å². The number of carbonyl (C=O) groups is 2. The largest absolute Gasteiger partial charge is 0.481 e. The van der Waals surface area contributed by atoms with Gasteiger partial charge in [0.2, 0.25) is 5.91 Å². The predicted molar refractivity (Wildman–Crippen MR) is 60.1 cm³/mol. The summed E-state index contributed by atoms with van der Waals surface area (Å²) in [5, 5.41) is 18.7. The molecule has 2 rings (SSSR count). The van der Waals surface area contributed by atoms with Gasteiger partial charge >= 0.3 is 5.97 Å². The van der Waals surface area contributed by atoms with E-state index in [0.29, 0.717) is 12.8 Å². The van der Waals surface area contributed by atoms with Gasteiger partial charge in [0, 0.05) is 13.0 Å². The first kappa shape index (κ1) is 12.8. The van der Waals surface area contributed by atoms with Crippen molar-refractivity contribution in [3.63, 3.8) is 0 Å². The van der Waals surface area contributed by atoms with Gasteiger partial charge < -0.3 is 15.6 Å². The molecule has 1 amide bonds. The number of nitrogens with two attached hydrogens (primary N) is 1. The third-order valence-electron chi connectivity index (χ3n) is 4.54. The van der Waals surface area contributed by atoms with Gasteiger partial charge in [-0.3, -0.25) is 9.59 Å². The van der Waals surface area contributed by atoms with Gasteiger partial charge in [-0.05, 0) is 25.7 Å². The molecule has 4 atom stereocenters. The number of hydrogen-bond acceptors (Lipinski definition) is 4. The Balaban J connectivity index is 2.39. The number of carbonyl (C=O) groups excluding carboxylic acids is 1. The van der Waals surface area contributed by atoms with Gasteiger partial charge in [-0.1, -0.05) is 0 Å². The number of nitrogens with zero attached hydrogens (tertiary/aromatic N) is 1. The molecule has 0 radical (unpaired) electrons. The van der Waals surface area contributed by atoms with Gasteiger partial charge in [-0.2, -0.15) is 5.26 Å². The summed E-state index contributed by atoms with van der Waals surface area (Å²) in [6.45, 7) is 0. The van der Waals surface area contributed by atoms with Crippen LogP contribution in [-0.2, 0) is 14.3 Å². The maximum atomic E-state index is 11.7. The molecule has 0 saturated heterocycles. The second kappa shape index (κ2) is 3.95. The molecule has 0 aromatic heterocycles. The lowest BCUT2D eigenvalue weighted by Gasteiger charge is -2.31. The van der Waals surface area contributed by atoms with Crippen LogP contribution in [0.3, 0.4) is 0 Å². The van der Waals surface area contributed by atoms with E-state index in [1.54, 1.807) is 0 Å². The number of methoxy groups -OCH3 is 1. The van der Waals surface area contributed by atoms with E-state index in [9.17, 15) is 14.7 Å². The van der Waals surface area contributed by atoms with Crippen molar-refractivity contribution in [3.05, 3.63) is 0 Å². The number of rotatable bonds is 4. The zero-order valence-electron chi connectivity index (χ0n) is 10.2. The number of aliphatic carboxylic acids is 1. The van der Waals surface area contributed by atoms with E-state index in [1.165, 1.54) is 7.11 Å². The Labute approximate surface area is 105 Å². The van der Waals surface area contributed by atoms with E-state index in [4.69, 9.17) is 15.7 Å².